The van der Waals surface area contributed by atoms with Crippen molar-refractivity contribution in [2.24, 2.45) is 0 Å². The molecule has 128 valence electrons. The highest BCUT2D eigenvalue weighted by molar-refractivity contribution is 9.10. The second kappa shape index (κ2) is 6.68. The molecular formula is C16H21BrN6O. The number of nitrogens with one attached hydrogen (secondary N) is 2. The molecule has 0 unspecified atom stereocenters. The molecule has 2 N–H and O–H groups in total. The van der Waals surface area contributed by atoms with E-state index in [1.165, 1.54) is 6.42 Å². The molecule has 2 aromatic rings. The van der Waals surface area contributed by atoms with Gasteiger partial charge in [-0.1, -0.05) is 0 Å². The number of aromatic nitrogens is 3. The average Bonchev–Trinajstić information content (AvgIpc) is 3.26. The van der Waals surface area contributed by atoms with Gasteiger partial charge in [-0.3, -0.25) is 9.89 Å². The average molecular weight is 393 g/mol. The lowest BCUT2D eigenvalue weighted by Gasteiger charge is -2.37. The number of fused-ring (bicyclic) bond motifs is 1. The van der Waals surface area contributed by atoms with Gasteiger partial charge in [-0.05, 0) is 35.3 Å². The first kappa shape index (κ1) is 15.8. The van der Waals surface area contributed by atoms with Crippen molar-refractivity contribution in [1.82, 2.24) is 25.4 Å². The summed E-state index contributed by atoms with van der Waals surface area (Å²) in [6.45, 7) is 4.22. The third-order valence-corrected chi connectivity index (χ3v) is 5.52. The summed E-state index contributed by atoms with van der Waals surface area (Å²) in [5, 5.41) is 11.4. The Balaban J connectivity index is 1.43. The van der Waals surface area contributed by atoms with Crippen LogP contribution in [0.5, 0.6) is 0 Å². The van der Waals surface area contributed by atoms with Crippen LogP contribution < -0.4 is 10.2 Å². The maximum absolute atomic E-state index is 12.5. The van der Waals surface area contributed by atoms with Gasteiger partial charge in [-0.2, -0.15) is 5.10 Å². The van der Waals surface area contributed by atoms with E-state index < -0.39 is 0 Å². The molecule has 7 nitrogen and oxygen atoms in total. The molecule has 2 aromatic heterocycles. The third kappa shape index (κ3) is 3.00. The monoisotopic (exact) mass is 392 g/mol. The van der Waals surface area contributed by atoms with Gasteiger partial charge >= 0.3 is 0 Å². The number of pyridine rings is 1. The molecule has 2 saturated heterocycles. The summed E-state index contributed by atoms with van der Waals surface area (Å²) in [6.07, 6.45) is 6.55. The van der Waals surface area contributed by atoms with Crippen molar-refractivity contribution in [3.05, 3.63) is 16.9 Å². The molecule has 0 bridgehead atoms. The summed E-state index contributed by atoms with van der Waals surface area (Å²) in [6, 6.07) is 0.371. The van der Waals surface area contributed by atoms with Crippen molar-refractivity contribution < 1.29 is 4.79 Å². The fourth-order valence-corrected chi connectivity index (χ4v) is 4.20. The van der Waals surface area contributed by atoms with E-state index in [1.54, 1.807) is 6.20 Å². The number of anilines is 1. The smallest absolute Gasteiger partial charge is 0.224 e. The van der Waals surface area contributed by atoms with Gasteiger partial charge in [0.05, 0.1) is 21.7 Å². The summed E-state index contributed by atoms with van der Waals surface area (Å²) in [5.74, 6) is 0.274. The molecule has 0 aromatic carbocycles. The maximum Gasteiger partial charge on any atom is 0.224 e. The predicted octanol–water partition coefficient (Wildman–Crippen LogP) is 1.51. The number of carbonyl (C=O) groups excluding carboxylic acids is 1. The molecule has 1 atom stereocenters. The zero-order valence-electron chi connectivity index (χ0n) is 13.5. The Morgan fingerprint density at radius 3 is 2.88 bits per heavy atom. The van der Waals surface area contributed by atoms with E-state index in [4.69, 9.17) is 0 Å². The Hall–Kier alpha value is -1.67. The Labute approximate surface area is 148 Å². The normalized spacial score (nSPS) is 21.6. The van der Waals surface area contributed by atoms with Gasteiger partial charge in [0.1, 0.15) is 0 Å². The second-order valence-electron chi connectivity index (χ2n) is 6.45. The van der Waals surface area contributed by atoms with Gasteiger partial charge in [0.2, 0.25) is 5.91 Å². The van der Waals surface area contributed by atoms with E-state index >= 15 is 0 Å². The highest BCUT2D eigenvalue weighted by Gasteiger charge is 2.26. The number of rotatable bonds is 3. The van der Waals surface area contributed by atoms with Crippen LogP contribution in [0.1, 0.15) is 19.3 Å². The number of carbonyl (C=O) groups is 1. The zero-order chi connectivity index (χ0) is 16.5. The van der Waals surface area contributed by atoms with Gasteiger partial charge in [0.15, 0.2) is 5.65 Å². The second-order valence-corrected chi connectivity index (χ2v) is 7.31. The zero-order valence-corrected chi connectivity index (χ0v) is 15.0. The van der Waals surface area contributed by atoms with E-state index in [1.807, 2.05) is 11.1 Å². The quantitative estimate of drug-likeness (QED) is 0.827. The van der Waals surface area contributed by atoms with Crippen LogP contribution in [-0.4, -0.2) is 64.8 Å². The van der Waals surface area contributed by atoms with Crippen LogP contribution in [0.4, 0.5) is 5.69 Å². The van der Waals surface area contributed by atoms with Crippen LogP contribution in [0.3, 0.4) is 0 Å². The molecule has 2 aliphatic heterocycles. The van der Waals surface area contributed by atoms with Crippen molar-refractivity contribution in [2.75, 3.05) is 37.6 Å². The first-order valence-corrected chi connectivity index (χ1v) is 9.25. The molecular weight excluding hydrogens is 372 g/mol. The van der Waals surface area contributed by atoms with Crippen molar-refractivity contribution >= 4 is 38.6 Å². The summed E-state index contributed by atoms with van der Waals surface area (Å²) in [4.78, 5) is 21.1. The van der Waals surface area contributed by atoms with E-state index in [0.29, 0.717) is 12.5 Å². The van der Waals surface area contributed by atoms with E-state index in [9.17, 15) is 4.79 Å². The van der Waals surface area contributed by atoms with Crippen LogP contribution in [-0.2, 0) is 4.79 Å². The number of hydrogen-bond donors (Lipinski definition) is 2. The van der Waals surface area contributed by atoms with Crippen LogP contribution in [0, 0.1) is 0 Å². The van der Waals surface area contributed by atoms with Gasteiger partial charge in [0, 0.05) is 44.8 Å². The maximum atomic E-state index is 12.5. The van der Waals surface area contributed by atoms with Crippen LogP contribution in [0.2, 0.25) is 0 Å². The van der Waals surface area contributed by atoms with E-state index in [0.717, 1.165) is 60.3 Å². The van der Waals surface area contributed by atoms with Crippen molar-refractivity contribution in [1.29, 1.82) is 0 Å². The molecule has 4 heterocycles. The van der Waals surface area contributed by atoms with E-state index in [2.05, 4.69) is 41.3 Å². The fourth-order valence-electron chi connectivity index (χ4n) is 3.63. The lowest BCUT2D eigenvalue weighted by molar-refractivity contribution is -0.131. The Morgan fingerprint density at radius 1 is 1.29 bits per heavy atom. The lowest BCUT2D eigenvalue weighted by Crippen LogP contribution is -2.49. The molecule has 24 heavy (non-hydrogen) atoms. The van der Waals surface area contributed by atoms with E-state index in [-0.39, 0.29) is 5.91 Å². The summed E-state index contributed by atoms with van der Waals surface area (Å²) >= 11 is 3.61. The summed E-state index contributed by atoms with van der Waals surface area (Å²) < 4.78 is 0.964. The highest BCUT2D eigenvalue weighted by atomic mass is 79.9. The molecule has 0 saturated carbocycles. The molecule has 0 spiro atoms. The largest absolute Gasteiger partial charge is 0.366 e. The van der Waals surface area contributed by atoms with Crippen molar-refractivity contribution in [3.63, 3.8) is 0 Å². The SMILES string of the molecule is O=C(C[C@@H]1CCCN1)N1CCN(c2c(Br)cnc3[nH]ncc23)CC1. The molecule has 1 amide bonds. The summed E-state index contributed by atoms with van der Waals surface area (Å²) in [5.41, 5.74) is 1.90. The fraction of sp³-hybridized carbons (Fsp3) is 0.562. The molecule has 2 aliphatic rings. The number of amides is 1. The number of H-pyrrole nitrogens is 1. The minimum atomic E-state index is 0.274. The van der Waals surface area contributed by atoms with Crippen molar-refractivity contribution in [2.45, 2.75) is 25.3 Å². The first-order valence-electron chi connectivity index (χ1n) is 8.46. The van der Waals surface area contributed by atoms with Crippen LogP contribution >= 0.6 is 15.9 Å². The van der Waals surface area contributed by atoms with Gasteiger partial charge in [-0.15, -0.1) is 0 Å². The minimum Gasteiger partial charge on any atom is -0.366 e. The Kier molecular flexibility index (Phi) is 4.41. The number of halogens is 1. The number of piperazine rings is 1. The minimum absolute atomic E-state index is 0.274. The van der Waals surface area contributed by atoms with Gasteiger partial charge < -0.3 is 15.1 Å². The molecule has 0 aliphatic carbocycles. The van der Waals surface area contributed by atoms with Crippen molar-refractivity contribution in [3.8, 4) is 0 Å². The predicted molar refractivity (Wildman–Crippen MR) is 96.0 cm³/mol. The molecule has 4 rings (SSSR count). The molecule has 8 heteroatoms. The first-order chi connectivity index (χ1) is 11.7. The van der Waals surface area contributed by atoms with Crippen LogP contribution in [0.25, 0.3) is 11.0 Å². The Morgan fingerprint density at radius 2 is 2.12 bits per heavy atom. The molecule has 2 fully saturated rings. The van der Waals surface area contributed by atoms with Gasteiger partial charge in [-0.25, -0.2) is 4.98 Å². The highest BCUT2D eigenvalue weighted by Crippen LogP contribution is 2.33. The topological polar surface area (TPSA) is 77.2 Å². The standard InChI is InChI=1S/C16H21BrN6O/c17-13-10-19-16-12(9-20-21-16)15(13)23-6-4-22(5-7-23)14(24)8-11-2-1-3-18-11/h9-11,18H,1-8H2,(H,19,20,21)/t11-/m0/s1. The summed E-state index contributed by atoms with van der Waals surface area (Å²) in [7, 11) is 0. The van der Waals surface area contributed by atoms with Crippen LogP contribution in [0.15, 0.2) is 16.9 Å². The number of nitrogens with zero attached hydrogens (tertiary/aromatic N) is 4. The Bertz CT molecular complexity index is 733. The number of hydrogen-bond acceptors (Lipinski definition) is 5. The number of aromatic amines is 1. The van der Waals surface area contributed by atoms with Gasteiger partial charge in [0.25, 0.3) is 0 Å². The molecule has 0 radical (unpaired) electrons. The third-order valence-electron chi connectivity index (χ3n) is 4.94. The lowest BCUT2D eigenvalue weighted by atomic mass is 10.1.